The first-order valence-electron chi connectivity index (χ1n) is 7.13. The van der Waals surface area contributed by atoms with Gasteiger partial charge in [0.1, 0.15) is 23.8 Å². The van der Waals surface area contributed by atoms with E-state index in [2.05, 4.69) is 4.98 Å². The third-order valence-corrected chi connectivity index (χ3v) is 4.91. The molecule has 1 aliphatic rings. The molecule has 0 amide bonds. The summed E-state index contributed by atoms with van der Waals surface area (Å²) in [5, 5.41) is 39.8. The Morgan fingerprint density at radius 1 is 1.28 bits per heavy atom. The van der Waals surface area contributed by atoms with E-state index in [0.717, 1.165) is 0 Å². The molecule has 5 atom stereocenters. The van der Waals surface area contributed by atoms with Gasteiger partial charge in [0, 0.05) is 11.6 Å². The molecule has 0 radical (unpaired) electrons. The van der Waals surface area contributed by atoms with Crippen LogP contribution in [-0.2, 0) is 9.53 Å². The lowest BCUT2D eigenvalue weighted by atomic mass is 9.99. The Hall–Kier alpha value is -1.24. The molecule has 1 aromatic carbocycles. The third kappa shape index (κ3) is 3.39. The van der Waals surface area contributed by atoms with Crippen molar-refractivity contribution >= 4 is 51.1 Å². The summed E-state index contributed by atoms with van der Waals surface area (Å²) in [6.45, 7) is 0. The van der Waals surface area contributed by atoms with E-state index < -0.39 is 36.7 Å². The number of rotatable bonds is 3. The summed E-state index contributed by atoms with van der Waals surface area (Å²) in [4.78, 5) is 15.4. The highest BCUT2D eigenvalue weighted by Gasteiger charge is 2.48. The zero-order chi connectivity index (χ0) is 18.3. The number of aliphatic hydroxyl groups excluding tert-OH is 3. The molecule has 1 aromatic heterocycles. The summed E-state index contributed by atoms with van der Waals surface area (Å²) >= 11 is 8.13. The number of fused-ring (bicyclic) bond motifs is 1. The molecule has 0 bridgehead atoms. The Kier molecular flexibility index (Phi) is 5.32. The first-order valence-corrected chi connectivity index (χ1v) is 8.58. The number of hydrogen-bond acceptors (Lipinski definition) is 7. The Morgan fingerprint density at radius 2 is 2.00 bits per heavy atom. The van der Waals surface area contributed by atoms with Gasteiger partial charge in [-0.2, -0.15) is 0 Å². The molecule has 10 heteroatoms. The van der Waals surface area contributed by atoms with Crippen LogP contribution >= 0.6 is 34.2 Å². The van der Waals surface area contributed by atoms with Crippen LogP contribution in [0.5, 0.6) is 5.75 Å². The maximum Gasteiger partial charge on any atom is 0.335 e. The first kappa shape index (κ1) is 18.5. The van der Waals surface area contributed by atoms with Crippen LogP contribution in [0.3, 0.4) is 0 Å². The Morgan fingerprint density at radius 3 is 2.68 bits per heavy atom. The van der Waals surface area contributed by atoms with Crippen LogP contribution in [0, 0.1) is 3.57 Å². The highest BCUT2D eigenvalue weighted by atomic mass is 123. The van der Waals surface area contributed by atoms with Gasteiger partial charge >= 0.3 is 5.97 Å². The molecule has 1 saturated heterocycles. The number of carboxylic acid groups (broad SMARTS) is 1. The average molecular weight is 478 g/mol. The molecule has 2 aromatic rings. The van der Waals surface area contributed by atoms with E-state index in [9.17, 15) is 20.1 Å². The number of aliphatic carboxylic acids is 1. The van der Waals surface area contributed by atoms with Gasteiger partial charge in [-0.1, -0.05) is 11.6 Å². The number of ether oxygens (including phenoxy) is 2. The van der Waals surface area contributed by atoms with Gasteiger partial charge in [0.15, 0.2) is 11.9 Å². The minimum absolute atomic E-state index is 0.220. The van der Waals surface area contributed by atoms with Crippen molar-refractivity contribution in [1.29, 1.82) is 0 Å². The van der Waals surface area contributed by atoms with Crippen molar-refractivity contribution in [3.8, 4) is 5.75 Å². The van der Waals surface area contributed by atoms with E-state index in [0.29, 0.717) is 19.5 Å². The van der Waals surface area contributed by atoms with E-state index in [1.54, 1.807) is 18.2 Å². The standard InChI is InChI=1S/C15H13ClINO7/c16-6-4-7(17)12(8-5(6)2-1-3-18-8)24-15-11(21)9(19)10(20)13(25-15)14(22)23/h1-4,9-11,13,15,19-21H,(H,22,23)/t9-,10-,11+,13-,15+/m0/s1/i17-4. The van der Waals surface area contributed by atoms with Gasteiger partial charge in [-0.3, -0.25) is 4.98 Å². The third-order valence-electron chi connectivity index (χ3n) is 3.80. The highest BCUT2D eigenvalue weighted by molar-refractivity contribution is 14.1. The van der Waals surface area contributed by atoms with Crippen LogP contribution in [0.2, 0.25) is 5.02 Å². The molecule has 0 spiro atoms. The van der Waals surface area contributed by atoms with E-state index in [4.69, 9.17) is 26.2 Å². The number of aliphatic hydroxyl groups is 3. The van der Waals surface area contributed by atoms with Gasteiger partial charge in [0.25, 0.3) is 0 Å². The molecule has 2 heterocycles. The molecule has 1 fully saturated rings. The number of nitrogens with zero attached hydrogens (tertiary/aromatic N) is 1. The number of aromatic nitrogens is 1. The van der Waals surface area contributed by atoms with Crippen LogP contribution in [-0.4, -0.2) is 62.1 Å². The molecular formula is C15H13ClINO7. The summed E-state index contributed by atoms with van der Waals surface area (Å²) in [7, 11) is 0. The highest BCUT2D eigenvalue weighted by Crippen LogP contribution is 2.36. The summed E-state index contributed by atoms with van der Waals surface area (Å²) in [6, 6.07) is 5.04. The van der Waals surface area contributed by atoms with Crippen LogP contribution in [0.15, 0.2) is 24.4 Å². The van der Waals surface area contributed by atoms with Crippen LogP contribution < -0.4 is 4.74 Å². The fourth-order valence-corrected chi connectivity index (χ4v) is 3.66. The van der Waals surface area contributed by atoms with Crippen molar-refractivity contribution in [1.82, 2.24) is 4.98 Å². The molecule has 8 nitrogen and oxygen atoms in total. The maximum absolute atomic E-state index is 11.2. The molecule has 0 aliphatic carbocycles. The molecule has 134 valence electrons. The normalized spacial score (nSPS) is 29.6. The van der Waals surface area contributed by atoms with Gasteiger partial charge in [0.2, 0.25) is 6.29 Å². The van der Waals surface area contributed by atoms with E-state index >= 15 is 0 Å². The Balaban J connectivity index is 1.99. The van der Waals surface area contributed by atoms with E-state index in [-0.39, 0.29) is 5.75 Å². The van der Waals surface area contributed by atoms with Gasteiger partial charge in [-0.15, -0.1) is 0 Å². The zero-order valence-electron chi connectivity index (χ0n) is 12.4. The smallest absolute Gasteiger partial charge is 0.335 e. The second kappa shape index (κ2) is 7.17. The molecule has 0 unspecified atom stereocenters. The van der Waals surface area contributed by atoms with Crippen molar-refractivity contribution in [3.05, 3.63) is 33.0 Å². The lowest BCUT2D eigenvalue weighted by Gasteiger charge is -2.38. The zero-order valence-corrected chi connectivity index (χ0v) is 15.3. The Labute approximate surface area is 160 Å². The number of hydrogen-bond donors (Lipinski definition) is 4. The van der Waals surface area contributed by atoms with Gasteiger partial charge in [-0.05, 0) is 40.8 Å². The minimum atomic E-state index is -1.79. The topological polar surface area (TPSA) is 129 Å². The number of halogens is 2. The average Bonchev–Trinajstić information content (AvgIpc) is 2.58. The van der Waals surface area contributed by atoms with Crippen molar-refractivity contribution in [2.75, 3.05) is 0 Å². The molecular weight excluding hydrogens is 465 g/mol. The lowest BCUT2D eigenvalue weighted by Crippen LogP contribution is -2.61. The van der Waals surface area contributed by atoms with Crippen LogP contribution in [0.1, 0.15) is 0 Å². The number of carbonyl (C=O) groups is 1. The second-order valence-corrected chi connectivity index (χ2v) is 6.99. The van der Waals surface area contributed by atoms with E-state index in [1.807, 2.05) is 22.6 Å². The molecule has 4 N–H and O–H groups in total. The maximum atomic E-state index is 11.2. The van der Waals surface area contributed by atoms with Crippen molar-refractivity contribution < 1.29 is 34.7 Å². The summed E-state index contributed by atoms with van der Waals surface area (Å²) in [5.74, 6) is -1.27. The summed E-state index contributed by atoms with van der Waals surface area (Å²) < 4.78 is 11.3. The molecule has 25 heavy (non-hydrogen) atoms. The summed E-state index contributed by atoms with van der Waals surface area (Å²) in [6.07, 6.45) is -6.92. The fourth-order valence-electron chi connectivity index (χ4n) is 2.52. The van der Waals surface area contributed by atoms with Crippen LogP contribution in [0.25, 0.3) is 10.9 Å². The molecule has 0 saturated carbocycles. The monoisotopic (exact) mass is 477 g/mol. The number of carboxylic acids is 1. The fraction of sp³-hybridized carbons (Fsp3) is 0.333. The summed E-state index contributed by atoms with van der Waals surface area (Å²) in [5.41, 5.74) is 0.391. The van der Waals surface area contributed by atoms with Crippen molar-refractivity contribution in [2.45, 2.75) is 30.7 Å². The minimum Gasteiger partial charge on any atom is -0.479 e. The Bertz CT molecular complexity index is 820. The second-order valence-electron chi connectivity index (χ2n) is 5.42. The molecule has 1 aliphatic heterocycles. The van der Waals surface area contributed by atoms with Gasteiger partial charge < -0.3 is 29.9 Å². The SMILES string of the molecule is O=C(O)[C@H]1O[C@@H](Oc2c([123I])cc(Cl)c3cccnc23)[C@H](O)[C@@H](O)[C@@H]1O. The number of pyridine rings is 1. The van der Waals surface area contributed by atoms with Gasteiger partial charge in [-0.25, -0.2) is 4.79 Å². The van der Waals surface area contributed by atoms with E-state index in [1.165, 1.54) is 6.20 Å². The van der Waals surface area contributed by atoms with Crippen molar-refractivity contribution in [3.63, 3.8) is 0 Å². The first-order chi connectivity index (χ1) is 11.8. The molecule has 3 rings (SSSR count). The predicted molar refractivity (Wildman–Crippen MR) is 94.4 cm³/mol. The van der Waals surface area contributed by atoms with Crippen molar-refractivity contribution in [2.24, 2.45) is 0 Å². The van der Waals surface area contributed by atoms with Gasteiger partial charge in [0.05, 0.1) is 8.59 Å². The largest absolute Gasteiger partial charge is 0.479 e. The lowest BCUT2D eigenvalue weighted by molar-refractivity contribution is -0.271. The van der Waals surface area contributed by atoms with Crippen LogP contribution in [0.4, 0.5) is 0 Å². The predicted octanol–water partition coefficient (Wildman–Crippen LogP) is 0.764. The quantitative estimate of drug-likeness (QED) is 0.477. The number of benzene rings is 1.